The monoisotopic (exact) mass is 250 g/mol. The van der Waals surface area contributed by atoms with Crippen LogP contribution in [0.4, 0.5) is 10.5 Å². The maximum absolute atomic E-state index is 12.1. The Morgan fingerprint density at radius 2 is 2.06 bits per heavy atom. The molecule has 0 radical (unpaired) electrons. The van der Waals surface area contributed by atoms with Crippen LogP contribution in [0.1, 0.15) is 24.5 Å². The van der Waals surface area contributed by atoms with Crippen LogP contribution in [0.5, 0.6) is 0 Å². The number of carbonyl (C=O) groups is 1. The first kappa shape index (κ1) is 14.5. The smallest absolute Gasteiger partial charge is 0.321 e. The molecule has 0 aromatic heterocycles. The number of nitrogens with one attached hydrogen (secondary N) is 1. The zero-order chi connectivity index (χ0) is 13.5. The topological polar surface area (TPSA) is 52.6 Å². The first-order valence-corrected chi connectivity index (χ1v) is 6.33. The highest BCUT2D eigenvalue weighted by Crippen LogP contribution is 2.18. The molecule has 0 aliphatic heterocycles. The Balaban J connectivity index is 2.75. The summed E-state index contributed by atoms with van der Waals surface area (Å²) >= 11 is 0. The molecule has 0 unspecified atom stereocenters. The van der Waals surface area contributed by atoms with Crippen LogP contribution in [0, 0.1) is 13.8 Å². The molecule has 0 aliphatic rings. The van der Waals surface area contributed by atoms with Gasteiger partial charge in [-0.3, -0.25) is 0 Å². The Hall–Kier alpha value is -1.55. The van der Waals surface area contributed by atoms with E-state index in [0.29, 0.717) is 13.1 Å². The number of nitrogens with zero attached hydrogens (tertiary/aromatic N) is 1. The van der Waals surface area contributed by atoms with Gasteiger partial charge in [0.15, 0.2) is 0 Å². The van der Waals surface area contributed by atoms with Crippen LogP contribution in [0.3, 0.4) is 0 Å². The molecule has 0 spiro atoms. The average molecular weight is 250 g/mol. The Kier molecular flexibility index (Phi) is 5.65. The van der Waals surface area contributed by atoms with Gasteiger partial charge < -0.3 is 15.3 Å². The molecule has 1 rings (SSSR count). The lowest BCUT2D eigenvalue weighted by atomic mass is 10.1. The summed E-state index contributed by atoms with van der Waals surface area (Å²) in [4.78, 5) is 13.7. The summed E-state index contributed by atoms with van der Waals surface area (Å²) in [5.74, 6) is 0. The van der Waals surface area contributed by atoms with Crippen LogP contribution in [0.25, 0.3) is 0 Å². The third kappa shape index (κ3) is 3.74. The highest BCUT2D eigenvalue weighted by molar-refractivity contribution is 5.90. The minimum Gasteiger partial charge on any atom is -0.395 e. The lowest BCUT2D eigenvalue weighted by Gasteiger charge is -2.22. The number of benzene rings is 1. The molecule has 0 fully saturated rings. The van der Waals surface area contributed by atoms with Crippen LogP contribution < -0.4 is 5.32 Å². The van der Waals surface area contributed by atoms with E-state index in [1.54, 1.807) is 4.90 Å². The van der Waals surface area contributed by atoms with E-state index < -0.39 is 0 Å². The second-order valence-electron chi connectivity index (χ2n) is 4.39. The number of aliphatic hydroxyl groups excluding tert-OH is 1. The first-order valence-electron chi connectivity index (χ1n) is 6.33. The summed E-state index contributed by atoms with van der Waals surface area (Å²) in [6, 6.07) is 5.68. The molecule has 2 amide bonds. The van der Waals surface area contributed by atoms with E-state index >= 15 is 0 Å². The number of hydrogen-bond donors (Lipinski definition) is 2. The molecular weight excluding hydrogens is 228 g/mol. The van der Waals surface area contributed by atoms with Gasteiger partial charge in [0.05, 0.1) is 6.61 Å². The number of carbonyl (C=O) groups excluding carboxylic acids is 1. The van der Waals surface area contributed by atoms with E-state index in [1.807, 2.05) is 39.0 Å². The van der Waals surface area contributed by atoms with Crippen molar-refractivity contribution in [2.75, 3.05) is 25.0 Å². The molecule has 2 N–H and O–H groups in total. The molecule has 0 aliphatic carbocycles. The summed E-state index contributed by atoms with van der Waals surface area (Å²) in [6.45, 7) is 7.02. The third-order valence-electron chi connectivity index (χ3n) is 3.00. The van der Waals surface area contributed by atoms with Gasteiger partial charge in [0.25, 0.3) is 0 Å². The number of rotatable bonds is 5. The molecule has 0 saturated heterocycles. The molecular formula is C14H22N2O2. The molecule has 0 heterocycles. The van der Waals surface area contributed by atoms with Gasteiger partial charge in [0.1, 0.15) is 0 Å². The minimum absolute atomic E-state index is 0.0137. The second kappa shape index (κ2) is 7.01. The van der Waals surface area contributed by atoms with Gasteiger partial charge in [-0.25, -0.2) is 4.79 Å². The van der Waals surface area contributed by atoms with E-state index in [9.17, 15) is 4.79 Å². The minimum atomic E-state index is -0.153. The maximum atomic E-state index is 12.1. The number of aryl methyl sites for hydroxylation is 1. The summed E-state index contributed by atoms with van der Waals surface area (Å²) in [6.07, 6.45) is 0.875. The Bertz CT molecular complexity index is 399. The first-order chi connectivity index (χ1) is 8.60. The fraction of sp³-hybridized carbons (Fsp3) is 0.500. The molecule has 1 aromatic rings. The quantitative estimate of drug-likeness (QED) is 0.843. The highest BCUT2D eigenvalue weighted by atomic mass is 16.3. The predicted octanol–water partition coefficient (Wildman–Crippen LogP) is 2.54. The lowest BCUT2D eigenvalue weighted by Crippen LogP contribution is -2.37. The summed E-state index contributed by atoms with van der Waals surface area (Å²) in [5, 5.41) is 11.9. The van der Waals surface area contributed by atoms with Crippen LogP contribution >= 0.6 is 0 Å². The molecule has 4 heteroatoms. The van der Waals surface area contributed by atoms with E-state index in [0.717, 1.165) is 23.2 Å². The van der Waals surface area contributed by atoms with Crippen molar-refractivity contribution in [3.63, 3.8) is 0 Å². The van der Waals surface area contributed by atoms with Crippen molar-refractivity contribution in [1.29, 1.82) is 0 Å². The largest absolute Gasteiger partial charge is 0.395 e. The molecule has 18 heavy (non-hydrogen) atoms. The molecule has 1 aromatic carbocycles. The highest BCUT2D eigenvalue weighted by Gasteiger charge is 2.13. The van der Waals surface area contributed by atoms with E-state index in [-0.39, 0.29) is 12.6 Å². The predicted molar refractivity (Wildman–Crippen MR) is 73.9 cm³/mol. The number of aliphatic hydroxyl groups is 1. The summed E-state index contributed by atoms with van der Waals surface area (Å²) < 4.78 is 0. The average Bonchev–Trinajstić information content (AvgIpc) is 2.34. The third-order valence-corrected chi connectivity index (χ3v) is 3.00. The van der Waals surface area contributed by atoms with Crippen molar-refractivity contribution in [3.8, 4) is 0 Å². The van der Waals surface area contributed by atoms with Crippen LogP contribution in [0.2, 0.25) is 0 Å². The normalized spacial score (nSPS) is 10.2. The number of anilines is 1. The Labute approximate surface area is 109 Å². The van der Waals surface area contributed by atoms with Crippen molar-refractivity contribution >= 4 is 11.7 Å². The van der Waals surface area contributed by atoms with Gasteiger partial charge in [-0.15, -0.1) is 0 Å². The van der Waals surface area contributed by atoms with Gasteiger partial charge in [-0.1, -0.05) is 19.1 Å². The Morgan fingerprint density at radius 1 is 1.33 bits per heavy atom. The SMILES string of the molecule is CCCN(CCO)C(=O)Nc1cccc(C)c1C. The number of amides is 2. The van der Waals surface area contributed by atoms with Gasteiger partial charge in [-0.05, 0) is 37.5 Å². The van der Waals surface area contributed by atoms with Crippen LogP contribution in [-0.4, -0.2) is 35.7 Å². The van der Waals surface area contributed by atoms with Crippen molar-refractivity contribution < 1.29 is 9.90 Å². The molecule has 100 valence electrons. The summed E-state index contributed by atoms with van der Waals surface area (Å²) in [5.41, 5.74) is 3.06. The molecule has 0 atom stereocenters. The van der Waals surface area contributed by atoms with Gasteiger partial charge in [0, 0.05) is 18.8 Å². The molecule has 0 saturated carbocycles. The van der Waals surface area contributed by atoms with Crippen LogP contribution in [-0.2, 0) is 0 Å². The lowest BCUT2D eigenvalue weighted by molar-refractivity contribution is 0.188. The number of urea groups is 1. The number of hydrogen-bond acceptors (Lipinski definition) is 2. The van der Waals surface area contributed by atoms with E-state index in [2.05, 4.69) is 5.32 Å². The van der Waals surface area contributed by atoms with Gasteiger partial charge >= 0.3 is 6.03 Å². The van der Waals surface area contributed by atoms with E-state index in [4.69, 9.17) is 5.11 Å². The van der Waals surface area contributed by atoms with Gasteiger partial charge in [0.2, 0.25) is 0 Å². The maximum Gasteiger partial charge on any atom is 0.321 e. The van der Waals surface area contributed by atoms with E-state index in [1.165, 1.54) is 0 Å². The zero-order valence-electron chi connectivity index (χ0n) is 11.4. The molecule has 4 nitrogen and oxygen atoms in total. The standard InChI is InChI=1S/C14H22N2O2/c1-4-8-16(9-10-17)14(18)15-13-7-5-6-11(2)12(13)3/h5-7,17H,4,8-10H2,1-3H3,(H,15,18). The van der Waals surface area contributed by atoms with Crippen molar-refractivity contribution in [1.82, 2.24) is 4.90 Å². The van der Waals surface area contributed by atoms with Crippen molar-refractivity contribution in [2.24, 2.45) is 0 Å². The van der Waals surface area contributed by atoms with Crippen molar-refractivity contribution in [3.05, 3.63) is 29.3 Å². The van der Waals surface area contributed by atoms with Crippen molar-refractivity contribution in [2.45, 2.75) is 27.2 Å². The molecule has 0 bridgehead atoms. The second-order valence-corrected chi connectivity index (χ2v) is 4.39. The Morgan fingerprint density at radius 3 is 2.67 bits per heavy atom. The fourth-order valence-corrected chi connectivity index (χ4v) is 1.79. The van der Waals surface area contributed by atoms with Crippen LogP contribution in [0.15, 0.2) is 18.2 Å². The zero-order valence-corrected chi connectivity index (χ0v) is 11.4. The fourth-order valence-electron chi connectivity index (χ4n) is 1.79. The van der Waals surface area contributed by atoms with Gasteiger partial charge in [-0.2, -0.15) is 0 Å². The summed E-state index contributed by atoms with van der Waals surface area (Å²) in [7, 11) is 0.